The molecular formula is C18H24O4. The van der Waals surface area contributed by atoms with E-state index in [-0.39, 0.29) is 22.9 Å². The second-order valence-corrected chi connectivity index (χ2v) is 7.54. The number of fused-ring (bicyclic) bond motifs is 3. The smallest absolute Gasteiger partial charge is 0.168 e. The second-order valence-electron chi connectivity index (χ2n) is 7.54. The van der Waals surface area contributed by atoms with Gasteiger partial charge in [-0.25, -0.2) is 0 Å². The molecule has 1 saturated carbocycles. The number of benzene rings is 1. The molecule has 3 rings (SSSR count). The van der Waals surface area contributed by atoms with Crippen LogP contribution >= 0.6 is 0 Å². The SMILES string of the molecule is COc1ccc2c(c1O)C(=O)CC1C(C)(C)CCC(O)C21C. The molecule has 0 aliphatic heterocycles. The minimum atomic E-state index is -0.519. The van der Waals surface area contributed by atoms with Crippen molar-refractivity contribution in [2.45, 2.75) is 51.6 Å². The van der Waals surface area contributed by atoms with Gasteiger partial charge in [0.1, 0.15) is 0 Å². The molecule has 3 atom stereocenters. The monoisotopic (exact) mass is 304 g/mol. The maximum atomic E-state index is 12.7. The van der Waals surface area contributed by atoms with Crippen LogP contribution in [0.2, 0.25) is 0 Å². The molecule has 2 N–H and O–H groups in total. The average Bonchev–Trinajstić information content (AvgIpc) is 2.46. The van der Waals surface area contributed by atoms with Crippen molar-refractivity contribution < 1.29 is 19.7 Å². The molecule has 1 aromatic rings. The van der Waals surface area contributed by atoms with E-state index < -0.39 is 11.5 Å². The van der Waals surface area contributed by atoms with Gasteiger partial charge < -0.3 is 14.9 Å². The number of carbonyl (C=O) groups excluding carboxylic acids is 1. The number of aliphatic hydroxyl groups is 1. The van der Waals surface area contributed by atoms with Crippen molar-refractivity contribution in [3.05, 3.63) is 23.3 Å². The molecule has 0 heterocycles. The zero-order chi connectivity index (χ0) is 16.3. The lowest BCUT2D eigenvalue weighted by Gasteiger charge is -2.56. The van der Waals surface area contributed by atoms with Gasteiger partial charge in [-0.3, -0.25) is 4.79 Å². The van der Waals surface area contributed by atoms with Gasteiger partial charge in [-0.1, -0.05) is 26.8 Å². The molecule has 0 saturated heterocycles. The largest absolute Gasteiger partial charge is 0.504 e. The van der Waals surface area contributed by atoms with Gasteiger partial charge in [0.2, 0.25) is 0 Å². The number of hydrogen-bond acceptors (Lipinski definition) is 4. The van der Waals surface area contributed by atoms with Crippen LogP contribution in [0.25, 0.3) is 0 Å². The third-order valence-electron chi connectivity index (χ3n) is 6.03. The summed E-state index contributed by atoms with van der Waals surface area (Å²) in [6, 6.07) is 3.52. The van der Waals surface area contributed by atoms with E-state index in [1.54, 1.807) is 6.07 Å². The van der Waals surface area contributed by atoms with Crippen LogP contribution in [0.3, 0.4) is 0 Å². The summed E-state index contributed by atoms with van der Waals surface area (Å²) in [4.78, 5) is 12.7. The first kappa shape index (κ1) is 15.3. The first-order valence-corrected chi connectivity index (χ1v) is 7.85. The van der Waals surface area contributed by atoms with Crippen LogP contribution in [0.1, 0.15) is 56.0 Å². The van der Waals surface area contributed by atoms with E-state index in [1.165, 1.54) is 7.11 Å². The molecule has 1 aromatic carbocycles. The minimum absolute atomic E-state index is 0.0170. The van der Waals surface area contributed by atoms with Crippen LogP contribution in [0.15, 0.2) is 12.1 Å². The summed E-state index contributed by atoms with van der Waals surface area (Å²) in [7, 11) is 1.47. The van der Waals surface area contributed by atoms with E-state index in [4.69, 9.17) is 4.74 Å². The van der Waals surface area contributed by atoms with Crippen molar-refractivity contribution in [2.24, 2.45) is 11.3 Å². The van der Waals surface area contributed by atoms with Crippen LogP contribution < -0.4 is 4.74 Å². The number of methoxy groups -OCH3 is 1. The fourth-order valence-corrected chi connectivity index (χ4v) is 4.64. The summed E-state index contributed by atoms with van der Waals surface area (Å²) < 4.78 is 5.13. The standard InChI is InChI=1S/C18H24O4/c1-17(2)8-7-14(20)18(3)10-5-6-12(22-4)16(21)15(10)11(19)9-13(17)18/h5-6,13-14,20-21H,7-9H2,1-4H3. The van der Waals surface area contributed by atoms with Crippen LogP contribution in [-0.4, -0.2) is 29.2 Å². The summed E-state index contributed by atoms with van der Waals surface area (Å²) >= 11 is 0. The number of aromatic hydroxyl groups is 1. The lowest BCUT2D eigenvalue weighted by molar-refractivity contribution is -0.0545. The van der Waals surface area contributed by atoms with Crippen LogP contribution in [0.5, 0.6) is 11.5 Å². The van der Waals surface area contributed by atoms with Crippen molar-refractivity contribution in [1.29, 1.82) is 0 Å². The van der Waals surface area contributed by atoms with E-state index in [9.17, 15) is 15.0 Å². The summed E-state index contributed by atoms with van der Waals surface area (Å²) in [5, 5.41) is 21.1. The Hall–Kier alpha value is -1.55. The molecule has 1 fully saturated rings. The van der Waals surface area contributed by atoms with Crippen LogP contribution in [-0.2, 0) is 5.41 Å². The number of aliphatic hydroxyl groups excluding tert-OH is 1. The Balaban J connectivity index is 2.26. The number of carbonyl (C=O) groups is 1. The summed E-state index contributed by atoms with van der Waals surface area (Å²) in [6.45, 7) is 6.37. The van der Waals surface area contributed by atoms with Crippen molar-refractivity contribution >= 4 is 5.78 Å². The fourth-order valence-electron chi connectivity index (χ4n) is 4.64. The molecule has 4 heteroatoms. The minimum Gasteiger partial charge on any atom is -0.504 e. The van der Waals surface area contributed by atoms with Gasteiger partial charge in [-0.05, 0) is 35.8 Å². The Morgan fingerprint density at radius 1 is 1.27 bits per heavy atom. The predicted octanol–water partition coefficient (Wildman–Crippen LogP) is 3.04. The van der Waals surface area contributed by atoms with E-state index in [1.807, 2.05) is 13.0 Å². The van der Waals surface area contributed by atoms with Gasteiger partial charge in [0, 0.05) is 11.8 Å². The highest BCUT2D eigenvalue weighted by Crippen LogP contribution is 2.58. The molecule has 120 valence electrons. The zero-order valence-corrected chi connectivity index (χ0v) is 13.6. The summed E-state index contributed by atoms with van der Waals surface area (Å²) in [5.74, 6) is 0.214. The highest BCUT2D eigenvalue weighted by atomic mass is 16.5. The van der Waals surface area contributed by atoms with Crippen LogP contribution in [0.4, 0.5) is 0 Å². The van der Waals surface area contributed by atoms with Crippen molar-refractivity contribution in [2.75, 3.05) is 7.11 Å². The van der Waals surface area contributed by atoms with E-state index in [0.29, 0.717) is 24.2 Å². The van der Waals surface area contributed by atoms with Gasteiger partial charge in [-0.15, -0.1) is 0 Å². The van der Waals surface area contributed by atoms with Gasteiger partial charge in [-0.2, -0.15) is 0 Å². The molecule has 0 amide bonds. The number of hydrogen-bond donors (Lipinski definition) is 2. The number of phenols is 1. The maximum absolute atomic E-state index is 12.7. The number of ketones is 1. The van der Waals surface area contributed by atoms with Crippen molar-refractivity contribution in [3.63, 3.8) is 0 Å². The molecule has 0 bridgehead atoms. The highest BCUT2D eigenvalue weighted by molar-refractivity contribution is 6.02. The molecule has 2 aliphatic rings. The average molecular weight is 304 g/mol. The van der Waals surface area contributed by atoms with Gasteiger partial charge >= 0.3 is 0 Å². The number of phenolic OH excluding ortho intramolecular Hbond substituents is 1. The van der Waals surface area contributed by atoms with Crippen molar-refractivity contribution in [3.8, 4) is 11.5 Å². The Bertz CT molecular complexity index is 634. The Morgan fingerprint density at radius 3 is 2.59 bits per heavy atom. The maximum Gasteiger partial charge on any atom is 0.168 e. The van der Waals surface area contributed by atoms with E-state index in [2.05, 4.69) is 13.8 Å². The highest BCUT2D eigenvalue weighted by Gasteiger charge is 2.56. The van der Waals surface area contributed by atoms with Crippen molar-refractivity contribution in [1.82, 2.24) is 0 Å². The summed E-state index contributed by atoms with van der Waals surface area (Å²) in [5.41, 5.74) is 0.549. The van der Waals surface area contributed by atoms with Gasteiger partial charge in [0.05, 0.1) is 18.8 Å². The van der Waals surface area contributed by atoms with Gasteiger partial charge in [0.25, 0.3) is 0 Å². The predicted molar refractivity (Wildman–Crippen MR) is 83.5 cm³/mol. The first-order chi connectivity index (χ1) is 10.2. The van der Waals surface area contributed by atoms with E-state index in [0.717, 1.165) is 12.0 Å². The third kappa shape index (κ3) is 1.83. The Labute approximate surface area is 131 Å². The Morgan fingerprint density at radius 2 is 1.95 bits per heavy atom. The molecule has 0 aromatic heterocycles. The molecule has 22 heavy (non-hydrogen) atoms. The second kappa shape index (κ2) is 4.72. The quantitative estimate of drug-likeness (QED) is 0.837. The molecule has 0 spiro atoms. The molecular weight excluding hydrogens is 280 g/mol. The molecule has 0 radical (unpaired) electrons. The van der Waals surface area contributed by atoms with Gasteiger partial charge in [0.15, 0.2) is 17.3 Å². The molecule has 3 unspecified atom stereocenters. The normalized spacial score (nSPS) is 33.0. The van der Waals surface area contributed by atoms with Crippen LogP contribution in [0, 0.1) is 11.3 Å². The number of rotatable bonds is 1. The number of Topliss-reactive ketones (excluding diaryl/α,β-unsaturated/α-hetero) is 1. The van der Waals surface area contributed by atoms with E-state index >= 15 is 0 Å². The summed E-state index contributed by atoms with van der Waals surface area (Å²) in [6.07, 6.45) is 1.46. The lowest BCUT2D eigenvalue weighted by atomic mass is 9.49. The first-order valence-electron chi connectivity index (χ1n) is 7.85. The number of ether oxygens (including phenoxy) is 1. The molecule has 2 aliphatic carbocycles. The zero-order valence-electron chi connectivity index (χ0n) is 13.6. The third-order valence-corrected chi connectivity index (χ3v) is 6.03. The fraction of sp³-hybridized carbons (Fsp3) is 0.611. The Kier molecular flexibility index (Phi) is 3.29. The molecule has 4 nitrogen and oxygen atoms in total. The lowest BCUT2D eigenvalue weighted by Crippen LogP contribution is -2.56. The topological polar surface area (TPSA) is 66.8 Å².